The third-order valence-electron chi connectivity index (χ3n) is 1.32. The third kappa shape index (κ3) is 5.58. The lowest BCUT2D eigenvalue weighted by Crippen LogP contribution is -2.28. The van der Waals surface area contributed by atoms with Gasteiger partial charge in [0.05, 0.1) is 0 Å². The lowest BCUT2D eigenvalue weighted by molar-refractivity contribution is -0.124. The average molecular weight is 157 g/mol. The summed E-state index contributed by atoms with van der Waals surface area (Å²) in [6, 6.07) is 0. The first-order valence-electron chi connectivity index (χ1n) is 3.90. The minimum Gasteiger partial charge on any atom is -0.356 e. The number of hydrogen-bond donors (Lipinski definition) is 1. The van der Waals surface area contributed by atoms with Crippen molar-refractivity contribution in [3.63, 3.8) is 0 Å². The van der Waals surface area contributed by atoms with Crippen LogP contribution in [0.1, 0.15) is 26.7 Å². The largest absolute Gasteiger partial charge is 0.356 e. The molecule has 0 fully saturated rings. The molecular weight excluding hydrogens is 142 g/mol. The van der Waals surface area contributed by atoms with Crippen LogP contribution in [0.5, 0.6) is 0 Å². The molecule has 0 bridgehead atoms. The molecule has 64 valence electrons. The van der Waals surface area contributed by atoms with Crippen LogP contribution in [0.15, 0.2) is 0 Å². The van der Waals surface area contributed by atoms with Crippen molar-refractivity contribution in [1.82, 2.24) is 5.32 Å². The molecule has 0 rings (SSSR count). The summed E-state index contributed by atoms with van der Waals surface area (Å²) in [5, 5.41) is 2.72. The standard InChI is InChI=1S/C8H15NO2/c1-7(2)8(11)9-5-3-4-6-10/h6-7H,3-5H2,1-2H3,(H,9,11). The maximum atomic E-state index is 10.9. The van der Waals surface area contributed by atoms with Crippen LogP contribution < -0.4 is 5.32 Å². The van der Waals surface area contributed by atoms with Gasteiger partial charge in [0, 0.05) is 18.9 Å². The molecule has 1 N–H and O–H groups in total. The molecule has 0 unspecified atom stereocenters. The summed E-state index contributed by atoms with van der Waals surface area (Å²) in [4.78, 5) is 20.8. The van der Waals surface area contributed by atoms with Crippen molar-refractivity contribution >= 4 is 12.2 Å². The van der Waals surface area contributed by atoms with Crippen molar-refractivity contribution < 1.29 is 9.59 Å². The van der Waals surface area contributed by atoms with Gasteiger partial charge in [-0.2, -0.15) is 0 Å². The Bertz CT molecular complexity index is 132. The summed E-state index contributed by atoms with van der Waals surface area (Å²) >= 11 is 0. The minimum absolute atomic E-state index is 0.0335. The van der Waals surface area contributed by atoms with Gasteiger partial charge in [-0.05, 0) is 6.42 Å². The van der Waals surface area contributed by atoms with Crippen molar-refractivity contribution in [1.29, 1.82) is 0 Å². The van der Waals surface area contributed by atoms with Gasteiger partial charge >= 0.3 is 0 Å². The van der Waals surface area contributed by atoms with Gasteiger partial charge in [-0.25, -0.2) is 0 Å². The van der Waals surface area contributed by atoms with Crippen LogP contribution in [0.3, 0.4) is 0 Å². The Kier molecular flexibility index (Phi) is 5.43. The topological polar surface area (TPSA) is 46.2 Å². The van der Waals surface area contributed by atoms with Crippen LogP contribution in [-0.4, -0.2) is 18.7 Å². The highest BCUT2D eigenvalue weighted by molar-refractivity contribution is 5.77. The van der Waals surface area contributed by atoms with Gasteiger partial charge in [-0.15, -0.1) is 0 Å². The van der Waals surface area contributed by atoms with Gasteiger partial charge < -0.3 is 10.1 Å². The molecule has 0 aliphatic heterocycles. The highest BCUT2D eigenvalue weighted by Gasteiger charge is 2.03. The molecule has 0 radical (unpaired) electrons. The normalized spacial score (nSPS) is 9.73. The summed E-state index contributed by atoms with van der Waals surface area (Å²) in [6.45, 7) is 4.29. The monoisotopic (exact) mass is 157 g/mol. The third-order valence-corrected chi connectivity index (χ3v) is 1.32. The van der Waals surface area contributed by atoms with Crippen LogP contribution in [-0.2, 0) is 9.59 Å². The van der Waals surface area contributed by atoms with Crippen LogP contribution in [0.25, 0.3) is 0 Å². The number of nitrogens with one attached hydrogen (secondary N) is 1. The van der Waals surface area contributed by atoms with E-state index in [1.54, 1.807) is 0 Å². The van der Waals surface area contributed by atoms with E-state index in [2.05, 4.69) is 5.32 Å². The fourth-order valence-corrected chi connectivity index (χ4v) is 0.601. The number of carbonyl (C=O) groups is 2. The van der Waals surface area contributed by atoms with E-state index in [0.29, 0.717) is 13.0 Å². The van der Waals surface area contributed by atoms with Crippen molar-refractivity contribution in [2.24, 2.45) is 5.92 Å². The van der Waals surface area contributed by atoms with E-state index < -0.39 is 0 Å². The van der Waals surface area contributed by atoms with E-state index in [-0.39, 0.29) is 11.8 Å². The first-order chi connectivity index (χ1) is 5.18. The first kappa shape index (κ1) is 10.1. The summed E-state index contributed by atoms with van der Waals surface area (Å²) in [5.41, 5.74) is 0. The summed E-state index contributed by atoms with van der Waals surface area (Å²) in [5.74, 6) is 0.0853. The molecule has 0 aromatic carbocycles. The van der Waals surface area contributed by atoms with Gasteiger partial charge in [0.1, 0.15) is 6.29 Å². The molecule has 1 amide bonds. The van der Waals surface area contributed by atoms with Crippen molar-refractivity contribution in [2.75, 3.05) is 6.54 Å². The molecule has 0 aliphatic rings. The molecule has 0 aliphatic carbocycles. The van der Waals surface area contributed by atoms with Crippen molar-refractivity contribution in [2.45, 2.75) is 26.7 Å². The lowest BCUT2D eigenvalue weighted by Gasteiger charge is -2.05. The van der Waals surface area contributed by atoms with Crippen LogP contribution in [0.2, 0.25) is 0 Å². The minimum atomic E-state index is 0.0335. The van der Waals surface area contributed by atoms with Gasteiger partial charge in [0.25, 0.3) is 0 Å². The second kappa shape index (κ2) is 5.89. The van der Waals surface area contributed by atoms with Crippen molar-refractivity contribution in [3.8, 4) is 0 Å². The maximum absolute atomic E-state index is 10.9. The van der Waals surface area contributed by atoms with Gasteiger partial charge in [-0.3, -0.25) is 4.79 Å². The second-order valence-electron chi connectivity index (χ2n) is 2.75. The number of rotatable bonds is 5. The molecule has 0 aromatic heterocycles. The number of hydrogen-bond acceptors (Lipinski definition) is 2. The van der Waals surface area contributed by atoms with Crippen LogP contribution >= 0.6 is 0 Å². The smallest absolute Gasteiger partial charge is 0.222 e. The van der Waals surface area contributed by atoms with E-state index >= 15 is 0 Å². The van der Waals surface area contributed by atoms with E-state index in [9.17, 15) is 9.59 Å². The van der Waals surface area contributed by atoms with Crippen LogP contribution in [0, 0.1) is 5.92 Å². The van der Waals surface area contributed by atoms with Crippen LogP contribution in [0.4, 0.5) is 0 Å². The number of carbonyl (C=O) groups excluding carboxylic acids is 2. The quantitative estimate of drug-likeness (QED) is 0.472. The predicted molar refractivity (Wildman–Crippen MR) is 43.1 cm³/mol. The first-order valence-corrected chi connectivity index (χ1v) is 3.90. The Morgan fingerprint density at radius 2 is 2.18 bits per heavy atom. The Morgan fingerprint density at radius 1 is 1.55 bits per heavy atom. The molecule has 3 nitrogen and oxygen atoms in total. The molecule has 0 heterocycles. The van der Waals surface area contributed by atoms with E-state index in [1.807, 2.05) is 13.8 Å². The molecule has 0 atom stereocenters. The highest BCUT2D eigenvalue weighted by atomic mass is 16.1. The van der Waals surface area contributed by atoms with Gasteiger partial charge in [0.15, 0.2) is 0 Å². The van der Waals surface area contributed by atoms with Crippen molar-refractivity contribution in [3.05, 3.63) is 0 Å². The zero-order chi connectivity index (χ0) is 8.69. The predicted octanol–water partition coefficient (Wildman–Crippen LogP) is 0.738. The molecular formula is C8H15NO2. The molecule has 11 heavy (non-hydrogen) atoms. The zero-order valence-corrected chi connectivity index (χ0v) is 7.09. The molecule has 0 aromatic rings. The zero-order valence-electron chi connectivity index (χ0n) is 7.09. The molecule has 0 saturated carbocycles. The SMILES string of the molecule is CC(C)C(=O)NCCCC=O. The van der Waals surface area contributed by atoms with Gasteiger partial charge in [0.2, 0.25) is 5.91 Å². The van der Waals surface area contributed by atoms with Gasteiger partial charge in [-0.1, -0.05) is 13.8 Å². The fourth-order valence-electron chi connectivity index (χ4n) is 0.601. The van der Waals surface area contributed by atoms with E-state index in [1.165, 1.54) is 0 Å². The summed E-state index contributed by atoms with van der Waals surface area (Å²) in [7, 11) is 0. The van der Waals surface area contributed by atoms with E-state index in [4.69, 9.17) is 0 Å². The number of unbranched alkanes of at least 4 members (excludes halogenated alkanes) is 1. The Hall–Kier alpha value is -0.860. The molecule has 3 heteroatoms. The second-order valence-corrected chi connectivity index (χ2v) is 2.75. The summed E-state index contributed by atoms with van der Waals surface area (Å²) in [6.07, 6.45) is 2.13. The fraction of sp³-hybridized carbons (Fsp3) is 0.750. The maximum Gasteiger partial charge on any atom is 0.222 e. The average Bonchev–Trinajstić information content (AvgIpc) is 1.97. The molecule has 0 saturated heterocycles. The Balaban J connectivity index is 3.24. The van der Waals surface area contributed by atoms with E-state index in [0.717, 1.165) is 12.7 Å². The Labute approximate surface area is 67.2 Å². The number of aldehydes is 1. The summed E-state index contributed by atoms with van der Waals surface area (Å²) < 4.78 is 0. The molecule has 0 spiro atoms. The number of amides is 1. The highest BCUT2D eigenvalue weighted by Crippen LogP contribution is 1.90. The Morgan fingerprint density at radius 3 is 2.64 bits per heavy atom. The lowest BCUT2D eigenvalue weighted by atomic mass is 10.2.